The van der Waals surface area contributed by atoms with Gasteiger partial charge in [-0.05, 0) is 31.2 Å². The van der Waals surface area contributed by atoms with Crippen LogP contribution in [0.4, 0.5) is 0 Å². The van der Waals surface area contributed by atoms with E-state index >= 15 is 0 Å². The molecule has 0 aliphatic carbocycles. The molecule has 0 aliphatic heterocycles. The van der Waals surface area contributed by atoms with E-state index in [1.54, 1.807) is 0 Å². The fourth-order valence-electron chi connectivity index (χ4n) is 1.19. The maximum Gasteiger partial charge on any atom is 3.00 e. The first-order valence-corrected chi connectivity index (χ1v) is 5.90. The summed E-state index contributed by atoms with van der Waals surface area (Å²) in [5.74, 6) is 0.653. The van der Waals surface area contributed by atoms with Gasteiger partial charge in [0.15, 0.2) is 0 Å². The van der Waals surface area contributed by atoms with Gasteiger partial charge in [0.05, 0.1) is 0 Å². The maximum atomic E-state index is 3.55. The van der Waals surface area contributed by atoms with Crippen molar-refractivity contribution in [2.24, 2.45) is 0 Å². The molecular formula is C19H33Ru. The van der Waals surface area contributed by atoms with E-state index in [4.69, 9.17) is 0 Å². The van der Waals surface area contributed by atoms with E-state index in [0.717, 1.165) is 12.8 Å². The van der Waals surface area contributed by atoms with Crippen molar-refractivity contribution in [3.05, 3.63) is 83.0 Å². The molecule has 0 aromatic heterocycles. The van der Waals surface area contributed by atoms with Crippen LogP contribution in [0.3, 0.4) is 0 Å². The summed E-state index contributed by atoms with van der Waals surface area (Å²) in [5.41, 5.74) is 2.76. The molecule has 117 valence electrons. The van der Waals surface area contributed by atoms with Crippen molar-refractivity contribution >= 4 is 0 Å². The van der Waals surface area contributed by atoms with Crippen LogP contribution in [-0.4, -0.2) is 0 Å². The van der Waals surface area contributed by atoms with Crippen LogP contribution in [0.15, 0.2) is 49.6 Å². The Morgan fingerprint density at radius 1 is 0.900 bits per heavy atom. The molecule has 20 heavy (non-hydrogen) atoms. The second-order valence-corrected chi connectivity index (χ2v) is 4.22. The molecule has 0 nitrogen and oxygen atoms in total. The van der Waals surface area contributed by atoms with E-state index in [0.29, 0.717) is 5.92 Å². The summed E-state index contributed by atoms with van der Waals surface area (Å²) in [6, 6.07) is 8.71. The second kappa shape index (κ2) is 20.6. The minimum Gasteiger partial charge on any atom is -0.358 e. The van der Waals surface area contributed by atoms with Gasteiger partial charge in [-0.1, -0.05) is 55.8 Å². The monoisotopic (exact) mass is 363 g/mol. The van der Waals surface area contributed by atoms with Gasteiger partial charge in [0.2, 0.25) is 0 Å². The smallest absolute Gasteiger partial charge is 0.358 e. The molecule has 0 atom stereocenters. The molecule has 1 aromatic rings. The average Bonchev–Trinajstić information content (AvgIpc) is 2.28. The van der Waals surface area contributed by atoms with Crippen LogP contribution in [0, 0.1) is 29.2 Å². The van der Waals surface area contributed by atoms with Crippen molar-refractivity contribution in [2.75, 3.05) is 0 Å². The van der Waals surface area contributed by atoms with Crippen LogP contribution in [0.5, 0.6) is 0 Å². The molecule has 0 aliphatic rings. The van der Waals surface area contributed by atoms with Crippen LogP contribution < -0.4 is 0 Å². The fourth-order valence-corrected chi connectivity index (χ4v) is 1.19. The Kier molecular flexibility index (Phi) is 32.6. The maximum absolute atomic E-state index is 3.55. The number of hydrogen-bond acceptors (Lipinski definition) is 0. The zero-order chi connectivity index (χ0) is 12.4. The Labute approximate surface area is 142 Å². The van der Waals surface area contributed by atoms with Gasteiger partial charge in [-0.25, -0.2) is 0 Å². The third-order valence-corrected chi connectivity index (χ3v) is 2.32. The van der Waals surface area contributed by atoms with Gasteiger partial charge >= 0.3 is 19.5 Å². The van der Waals surface area contributed by atoms with E-state index in [1.807, 2.05) is 12.2 Å². The quantitative estimate of drug-likeness (QED) is 0.245. The number of rotatable bonds is 4. The first kappa shape index (κ1) is 31.6. The van der Waals surface area contributed by atoms with Crippen molar-refractivity contribution in [2.45, 2.75) is 39.5 Å². The van der Waals surface area contributed by atoms with Crippen LogP contribution in [0.2, 0.25) is 0 Å². The Bertz CT molecular complexity index is 288. The number of aryl methyl sites for hydroxylation is 1. The van der Waals surface area contributed by atoms with Crippen molar-refractivity contribution in [3.63, 3.8) is 0 Å². The molecule has 0 fully saturated rings. The Morgan fingerprint density at radius 3 is 1.50 bits per heavy atom. The van der Waals surface area contributed by atoms with Crippen molar-refractivity contribution < 1.29 is 19.5 Å². The number of benzene rings is 1. The molecule has 1 heteroatoms. The van der Waals surface area contributed by atoms with Gasteiger partial charge in [0.25, 0.3) is 0 Å². The van der Waals surface area contributed by atoms with E-state index < -0.39 is 0 Å². The molecule has 0 unspecified atom stereocenters. The van der Waals surface area contributed by atoms with Gasteiger partial charge < -0.3 is 22.3 Å². The molecule has 0 saturated carbocycles. The molecule has 0 N–H and O–H groups in total. The number of unbranched alkanes of at least 4 members (excludes halogenated alkanes) is 1. The fraction of sp³-hybridized carbons (Fsp3) is 0.316. The number of hydrogen-bond donors (Lipinski definition) is 0. The van der Waals surface area contributed by atoms with Crippen LogP contribution in [0.1, 0.15) is 43.7 Å². The molecule has 1 rings (SSSR count). The predicted molar refractivity (Wildman–Crippen MR) is 94.1 cm³/mol. The van der Waals surface area contributed by atoms with Crippen molar-refractivity contribution in [3.8, 4) is 0 Å². The van der Waals surface area contributed by atoms with E-state index in [2.05, 4.69) is 58.2 Å². The Balaban J connectivity index is -0.0000000679. The summed E-state index contributed by atoms with van der Waals surface area (Å²) in [6.45, 7) is 13.6. The molecule has 0 bridgehead atoms. The molecule has 0 saturated heterocycles. The minimum atomic E-state index is 0. The summed E-state index contributed by atoms with van der Waals surface area (Å²) in [6.07, 6.45) is 5.90. The SMILES string of the molecule is C=CCCC=C.Cc1ccc(C(C)C)cc1.[CH3-].[CH3-].[CH3-].[Ru+3]. The van der Waals surface area contributed by atoms with Crippen LogP contribution in [0.25, 0.3) is 0 Å². The largest absolute Gasteiger partial charge is 3.00 e. The zero-order valence-corrected chi connectivity index (χ0v) is 16.0. The van der Waals surface area contributed by atoms with Crippen molar-refractivity contribution in [1.29, 1.82) is 0 Å². The summed E-state index contributed by atoms with van der Waals surface area (Å²) >= 11 is 0. The molecule has 1 aromatic carbocycles. The normalized spacial score (nSPS) is 7.40. The zero-order valence-electron chi connectivity index (χ0n) is 14.2. The van der Waals surface area contributed by atoms with Crippen LogP contribution in [-0.2, 0) is 19.5 Å². The molecular weight excluding hydrogens is 329 g/mol. The molecule has 0 spiro atoms. The Hall–Kier alpha value is -0.677. The van der Waals surface area contributed by atoms with E-state index in [1.165, 1.54) is 11.1 Å². The van der Waals surface area contributed by atoms with Gasteiger partial charge in [0, 0.05) is 0 Å². The summed E-state index contributed by atoms with van der Waals surface area (Å²) in [7, 11) is 0. The van der Waals surface area contributed by atoms with Gasteiger partial charge in [0.1, 0.15) is 0 Å². The second-order valence-electron chi connectivity index (χ2n) is 4.22. The summed E-state index contributed by atoms with van der Waals surface area (Å²) in [4.78, 5) is 0. The molecule has 1 radical (unpaired) electrons. The summed E-state index contributed by atoms with van der Waals surface area (Å²) in [5, 5.41) is 0. The van der Waals surface area contributed by atoms with Gasteiger partial charge in [-0.2, -0.15) is 0 Å². The minimum absolute atomic E-state index is 0. The standard InChI is InChI=1S/C10H14.C6H10.3CH3.Ru/c1-8(2)10-6-4-9(3)5-7-10;1-3-5-6-4-2;;;;/h4-8H,1-3H3;3-4H,1-2,5-6H2;3*1H3;/q;;3*-1;+3. The summed E-state index contributed by atoms with van der Waals surface area (Å²) < 4.78 is 0. The first-order chi connectivity index (χ1) is 7.61. The predicted octanol–water partition coefficient (Wildman–Crippen LogP) is 6.61. The third-order valence-electron chi connectivity index (χ3n) is 2.32. The van der Waals surface area contributed by atoms with E-state index in [-0.39, 0.29) is 41.8 Å². The van der Waals surface area contributed by atoms with Crippen LogP contribution >= 0.6 is 0 Å². The van der Waals surface area contributed by atoms with Crippen molar-refractivity contribution in [1.82, 2.24) is 0 Å². The third kappa shape index (κ3) is 17.3. The Morgan fingerprint density at radius 2 is 1.25 bits per heavy atom. The van der Waals surface area contributed by atoms with Gasteiger partial charge in [-0.15, -0.1) is 13.2 Å². The topological polar surface area (TPSA) is 0 Å². The molecule has 0 amide bonds. The van der Waals surface area contributed by atoms with Gasteiger partial charge in [-0.3, -0.25) is 0 Å². The molecule has 0 heterocycles. The average molecular weight is 363 g/mol. The van der Waals surface area contributed by atoms with E-state index in [9.17, 15) is 0 Å². The number of allylic oxidation sites excluding steroid dienone is 2. The first-order valence-electron chi connectivity index (χ1n) is 5.90.